The van der Waals surface area contributed by atoms with E-state index in [0.29, 0.717) is 11.3 Å². The highest BCUT2D eigenvalue weighted by Crippen LogP contribution is 2.09. The smallest absolute Gasteiger partial charge is 0.331 e. The second kappa shape index (κ2) is 6.70. The maximum atomic E-state index is 12.0. The summed E-state index contributed by atoms with van der Waals surface area (Å²) in [7, 11) is 0. The summed E-state index contributed by atoms with van der Waals surface area (Å²) in [6.07, 6.45) is 1.92. The number of rotatable bonds is 5. The lowest BCUT2D eigenvalue weighted by Crippen LogP contribution is -2.23. The van der Waals surface area contributed by atoms with Crippen LogP contribution in [0.1, 0.15) is 28.8 Å². The molecule has 108 valence electrons. The molecule has 21 heavy (non-hydrogen) atoms. The highest BCUT2D eigenvalue weighted by molar-refractivity contribution is 6.00. The van der Waals surface area contributed by atoms with Crippen molar-refractivity contribution in [1.29, 1.82) is 0 Å². The highest BCUT2D eigenvalue weighted by Gasteiger charge is 2.17. The van der Waals surface area contributed by atoms with Crippen molar-refractivity contribution >= 4 is 17.8 Å². The van der Waals surface area contributed by atoms with Crippen molar-refractivity contribution in [2.45, 2.75) is 20.0 Å². The Kier molecular flexibility index (Phi) is 4.72. The molecule has 4 heteroatoms. The number of hydrogen-bond acceptors (Lipinski definition) is 4. The number of furan rings is 1. The zero-order chi connectivity index (χ0) is 15.2. The molecule has 2 aromatic rings. The number of Topliss-reactive ketones (excluding diaryl/α,β-unsaturated/α-hetero) is 1. The normalized spacial score (nSPS) is 12.3. The van der Waals surface area contributed by atoms with E-state index in [0.717, 1.165) is 5.76 Å². The first-order chi connectivity index (χ1) is 10.1. The second-order valence-electron chi connectivity index (χ2n) is 4.59. The van der Waals surface area contributed by atoms with Crippen molar-refractivity contribution in [2.24, 2.45) is 0 Å². The lowest BCUT2D eigenvalue weighted by Gasteiger charge is -2.10. The van der Waals surface area contributed by atoms with Crippen LogP contribution < -0.4 is 0 Å². The van der Waals surface area contributed by atoms with Gasteiger partial charge in [-0.05, 0) is 32.1 Å². The summed E-state index contributed by atoms with van der Waals surface area (Å²) in [6, 6.07) is 12.3. The fourth-order valence-corrected chi connectivity index (χ4v) is 1.80. The Morgan fingerprint density at radius 1 is 1.14 bits per heavy atom. The summed E-state index contributed by atoms with van der Waals surface area (Å²) in [5.41, 5.74) is 0.517. The predicted molar refractivity (Wildman–Crippen MR) is 78.8 cm³/mol. The minimum Gasteiger partial charge on any atom is -0.462 e. The Morgan fingerprint density at radius 2 is 1.86 bits per heavy atom. The van der Waals surface area contributed by atoms with Gasteiger partial charge < -0.3 is 9.15 Å². The largest absolute Gasteiger partial charge is 0.462 e. The average molecular weight is 284 g/mol. The van der Waals surface area contributed by atoms with Gasteiger partial charge in [0.15, 0.2) is 6.10 Å². The molecule has 0 spiro atoms. The zero-order valence-electron chi connectivity index (χ0n) is 11.9. The molecule has 1 atom stereocenters. The van der Waals surface area contributed by atoms with Crippen LogP contribution in [0.2, 0.25) is 0 Å². The van der Waals surface area contributed by atoms with E-state index in [2.05, 4.69) is 0 Å². The van der Waals surface area contributed by atoms with Crippen LogP contribution in [0.3, 0.4) is 0 Å². The van der Waals surface area contributed by atoms with Gasteiger partial charge >= 0.3 is 5.97 Å². The number of benzene rings is 1. The van der Waals surface area contributed by atoms with E-state index in [-0.39, 0.29) is 5.78 Å². The van der Waals surface area contributed by atoms with Gasteiger partial charge in [0.25, 0.3) is 0 Å². The Labute approximate surface area is 123 Å². The van der Waals surface area contributed by atoms with Gasteiger partial charge in [0.05, 0.1) is 0 Å². The van der Waals surface area contributed by atoms with Gasteiger partial charge in [0.2, 0.25) is 5.78 Å². The molecule has 0 N–H and O–H groups in total. The maximum absolute atomic E-state index is 12.0. The van der Waals surface area contributed by atoms with E-state index in [1.165, 1.54) is 12.2 Å². The maximum Gasteiger partial charge on any atom is 0.331 e. The van der Waals surface area contributed by atoms with Crippen molar-refractivity contribution in [3.05, 3.63) is 65.6 Å². The Bertz CT molecular complexity index is 652. The lowest BCUT2D eigenvalue weighted by molar-refractivity contribution is -0.140. The number of aryl methyl sites for hydroxylation is 1. The van der Waals surface area contributed by atoms with Crippen molar-refractivity contribution in [3.8, 4) is 0 Å². The number of esters is 1. The molecule has 1 unspecified atom stereocenters. The average Bonchev–Trinajstić information content (AvgIpc) is 2.91. The topological polar surface area (TPSA) is 56.5 Å². The standard InChI is InChI=1S/C17H16O4/c1-12-8-9-15(20-12)10-11-16(18)21-13(2)17(19)14-6-4-3-5-7-14/h3-11,13H,1-2H3/b11-10+. The monoisotopic (exact) mass is 284 g/mol. The summed E-state index contributed by atoms with van der Waals surface area (Å²) < 4.78 is 10.4. The lowest BCUT2D eigenvalue weighted by atomic mass is 10.1. The summed E-state index contributed by atoms with van der Waals surface area (Å²) in [6.45, 7) is 3.37. The number of carbonyl (C=O) groups is 2. The predicted octanol–water partition coefficient (Wildman–Crippen LogP) is 3.42. The van der Waals surface area contributed by atoms with Gasteiger partial charge in [0, 0.05) is 11.6 Å². The van der Waals surface area contributed by atoms with Crippen molar-refractivity contribution in [3.63, 3.8) is 0 Å². The van der Waals surface area contributed by atoms with Crippen LogP contribution >= 0.6 is 0 Å². The molecule has 1 aromatic heterocycles. The molecular formula is C17H16O4. The summed E-state index contributed by atoms with van der Waals surface area (Å²) >= 11 is 0. The molecule has 4 nitrogen and oxygen atoms in total. The van der Waals surface area contributed by atoms with E-state index in [1.807, 2.05) is 13.0 Å². The fraction of sp³-hybridized carbons (Fsp3) is 0.176. The first kappa shape index (κ1) is 14.8. The van der Waals surface area contributed by atoms with Crippen LogP contribution in [0, 0.1) is 6.92 Å². The van der Waals surface area contributed by atoms with E-state index in [1.54, 1.807) is 43.3 Å². The van der Waals surface area contributed by atoms with Crippen LogP contribution in [-0.2, 0) is 9.53 Å². The fourth-order valence-electron chi connectivity index (χ4n) is 1.80. The Balaban J connectivity index is 1.93. The Morgan fingerprint density at radius 3 is 2.48 bits per heavy atom. The number of ether oxygens (including phenoxy) is 1. The minimum atomic E-state index is -0.831. The molecule has 0 bridgehead atoms. The SMILES string of the molecule is Cc1ccc(/C=C/C(=O)OC(C)C(=O)c2ccccc2)o1. The third-order valence-electron chi connectivity index (χ3n) is 2.87. The van der Waals surface area contributed by atoms with Crippen molar-refractivity contribution < 1.29 is 18.7 Å². The molecular weight excluding hydrogens is 268 g/mol. The summed E-state index contributed by atoms with van der Waals surface area (Å²) in [5.74, 6) is 0.508. The van der Waals surface area contributed by atoms with Gasteiger partial charge in [-0.2, -0.15) is 0 Å². The molecule has 0 fully saturated rings. The first-order valence-electron chi connectivity index (χ1n) is 6.60. The first-order valence-corrected chi connectivity index (χ1v) is 6.60. The Hall–Kier alpha value is -2.62. The summed E-state index contributed by atoms with van der Waals surface area (Å²) in [5, 5.41) is 0. The van der Waals surface area contributed by atoms with Crippen molar-refractivity contribution in [1.82, 2.24) is 0 Å². The van der Waals surface area contributed by atoms with Gasteiger partial charge in [-0.3, -0.25) is 4.79 Å². The van der Waals surface area contributed by atoms with Gasteiger partial charge in [-0.25, -0.2) is 4.79 Å². The third-order valence-corrected chi connectivity index (χ3v) is 2.87. The van der Waals surface area contributed by atoms with Crippen LogP contribution in [0.4, 0.5) is 0 Å². The molecule has 1 heterocycles. The minimum absolute atomic E-state index is 0.230. The second-order valence-corrected chi connectivity index (χ2v) is 4.59. The number of ketones is 1. The van der Waals surface area contributed by atoms with Crippen LogP contribution in [-0.4, -0.2) is 17.9 Å². The number of carbonyl (C=O) groups excluding carboxylic acids is 2. The van der Waals surface area contributed by atoms with E-state index >= 15 is 0 Å². The van der Waals surface area contributed by atoms with Gasteiger partial charge in [0.1, 0.15) is 11.5 Å². The molecule has 0 saturated heterocycles. The highest BCUT2D eigenvalue weighted by atomic mass is 16.5. The molecule has 0 saturated carbocycles. The van der Waals surface area contributed by atoms with Crippen LogP contribution in [0.25, 0.3) is 6.08 Å². The molecule has 0 aliphatic carbocycles. The zero-order valence-corrected chi connectivity index (χ0v) is 11.9. The van der Waals surface area contributed by atoms with E-state index in [9.17, 15) is 9.59 Å². The molecule has 1 aromatic carbocycles. The quantitative estimate of drug-likeness (QED) is 0.479. The van der Waals surface area contributed by atoms with Crippen LogP contribution in [0.5, 0.6) is 0 Å². The van der Waals surface area contributed by atoms with Crippen molar-refractivity contribution in [2.75, 3.05) is 0 Å². The van der Waals surface area contributed by atoms with Gasteiger partial charge in [-0.1, -0.05) is 30.3 Å². The molecule has 2 rings (SSSR count). The molecule has 0 radical (unpaired) electrons. The van der Waals surface area contributed by atoms with Gasteiger partial charge in [-0.15, -0.1) is 0 Å². The van der Waals surface area contributed by atoms with Crippen LogP contribution in [0.15, 0.2) is 53.0 Å². The van der Waals surface area contributed by atoms with E-state index < -0.39 is 12.1 Å². The molecule has 0 aliphatic heterocycles. The summed E-state index contributed by atoms with van der Waals surface area (Å²) in [4.78, 5) is 23.7. The van der Waals surface area contributed by atoms with E-state index in [4.69, 9.17) is 9.15 Å². The third kappa shape index (κ3) is 4.18. The molecule has 0 amide bonds. The number of hydrogen-bond donors (Lipinski definition) is 0. The molecule has 0 aliphatic rings.